The summed E-state index contributed by atoms with van der Waals surface area (Å²) in [4.78, 5) is 4.40. The molecular weight excluding hydrogens is 319 g/mol. The number of benzene rings is 1. The molecule has 0 spiro atoms. The van der Waals surface area contributed by atoms with Gasteiger partial charge in [0.2, 0.25) is 0 Å². The molecule has 20 heavy (non-hydrogen) atoms. The van der Waals surface area contributed by atoms with E-state index in [1.54, 1.807) is 24.3 Å². The molecule has 0 aliphatic carbocycles. The molecule has 0 fully saturated rings. The van der Waals surface area contributed by atoms with E-state index in [1.165, 1.54) is 7.11 Å². The highest BCUT2D eigenvalue weighted by Gasteiger charge is 2.14. The van der Waals surface area contributed by atoms with Crippen molar-refractivity contribution in [2.75, 3.05) is 7.11 Å². The summed E-state index contributed by atoms with van der Waals surface area (Å²) in [5, 5.41) is 9.92. The average molecular weight is 328 g/mol. The van der Waals surface area contributed by atoms with E-state index in [2.05, 4.69) is 11.1 Å². The highest BCUT2D eigenvalue weighted by Crippen LogP contribution is 2.38. The lowest BCUT2D eigenvalue weighted by Gasteiger charge is -2.11. The van der Waals surface area contributed by atoms with Crippen LogP contribution in [0.4, 0.5) is 0 Å². The van der Waals surface area contributed by atoms with Crippen LogP contribution < -0.4 is 4.74 Å². The molecule has 2 rings (SSSR count). The van der Waals surface area contributed by atoms with Gasteiger partial charge in [-0.1, -0.05) is 34.8 Å². The molecule has 1 aromatic carbocycles. The Morgan fingerprint density at radius 3 is 2.50 bits per heavy atom. The Kier molecular flexibility index (Phi) is 4.72. The molecule has 2 aromatic rings. The number of hydrogen-bond donors (Lipinski definition) is 0. The third-order valence-electron chi connectivity index (χ3n) is 2.66. The smallest absolute Gasteiger partial charge is 0.145 e. The van der Waals surface area contributed by atoms with Gasteiger partial charge in [0.05, 0.1) is 40.4 Å². The minimum Gasteiger partial charge on any atom is -0.494 e. The van der Waals surface area contributed by atoms with Gasteiger partial charge in [0.15, 0.2) is 0 Å². The molecule has 0 saturated heterocycles. The fraction of sp³-hybridized carbons (Fsp3) is 0.143. The van der Waals surface area contributed by atoms with E-state index in [0.717, 1.165) is 0 Å². The third kappa shape index (κ3) is 2.99. The molecule has 1 heterocycles. The molecule has 0 N–H and O–H groups in total. The fourth-order valence-corrected chi connectivity index (χ4v) is 2.36. The minimum absolute atomic E-state index is 0.204. The molecule has 0 amide bonds. The van der Waals surface area contributed by atoms with Gasteiger partial charge < -0.3 is 4.74 Å². The zero-order valence-corrected chi connectivity index (χ0v) is 12.7. The molecule has 102 valence electrons. The van der Waals surface area contributed by atoms with Crippen LogP contribution in [0, 0.1) is 11.3 Å². The number of hydrogen-bond acceptors (Lipinski definition) is 3. The van der Waals surface area contributed by atoms with Crippen molar-refractivity contribution in [2.45, 2.75) is 6.42 Å². The summed E-state index contributed by atoms with van der Waals surface area (Å²) in [6.45, 7) is 0. The maximum Gasteiger partial charge on any atom is 0.145 e. The second-order valence-corrected chi connectivity index (χ2v) is 5.16. The molecule has 0 unspecified atom stereocenters. The lowest BCUT2D eigenvalue weighted by atomic mass is 10.1. The number of aromatic nitrogens is 1. The number of ether oxygens (including phenoxy) is 1. The van der Waals surface area contributed by atoms with Crippen LogP contribution in [-0.2, 0) is 6.42 Å². The first-order chi connectivity index (χ1) is 9.56. The first-order valence-electron chi connectivity index (χ1n) is 5.62. The Bertz CT molecular complexity index is 696. The summed E-state index contributed by atoms with van der Waals surface area (Å²) in [6.07, 6.45) is 0.204. The third-order valence-corrected chi connectivity index (χ3v) is 3.70. The highest BCUT2D eigenvalue weighted by molar-refractivity contribution is 6.44. The van der Waals surface area contributed by atoms with Crippen molar-refractivity contribution < 1.29 is 4.74 Å². The maximum atomic E-state index is 8.76. The first kappa shape index (κ1) is 14.9. The Morgan fingerprint density at radius 2 is 1.85 bits per heavy atom. The molecule has 0 saturated carbocycles. The Labute approximate surface area is 131 Å². The van der Waals surface area contributed by atoms with Crippen molar-refractivity contribution in [3.8, 4) is 23.1 Å². The van der Waals surface area contributed by atoms with E-state index in [4.69, 9.17) is 44.8 Å². The van der Waals surface area contributed by atoms with Crippen LogP contribution >= 0.6 is 34.8 Å². The van der Waals surface area contributed by atoms with Gasteiger partial charge in [-0.15, -0.1) is 0 Å². The van der Waals surface area contributed by atoms with Gasteiger partial charge in [-0.25, -0.2) is 4.98 Å². The summed E-state index contributed by atoms with van der Waals surface area (Å²) in [7, 11) is 1.54. The zero-order chi connectivity index (χ0) is 14.7. The number of methoxy groups -OCH3 is 1. The molecular formula is C14H9Cl3N2O. The van der Waals surface area contributed by atoms with Crippen LogP contribution in [0.5, 0.6) is 5.75 Å². The Morgan fingerprint density at radius 1 is 1.15 bits per heavy atom. The standard InChI is InChI=1S/C14H9Cl3N2O/c1-20-13-3-2-8(4-5-18)19-14(13)9-6-11(16)12(17)7-10(9)15/h2-3,6-7H,4H2,1H3. The quantitative estimate of drug-likeness (QED) is 0.762. The van der Waals surface area contributed by atoms with Crippen LogP contribution in [0.25, 0.3) is 11.3 Å². The van der Waals surface area contributed by atoms with Crippen molar-refractivity contribution in [2.24, 2.45) is 0 Å². The highest BCUT2D eigenvalue weighted by atomic mass is 35.5. The number of nitrogens with zero attached hydrogens (tertiary/aromatic N) is 2. The molecule has 0 aliphatic rings. The number of nitriles is 1. The minimum atomic E-state index is 0.204. The predicted octanol–water partition coefficient (Wildman–Crippen LogP) is 4.78. The Balaban J connectivity index is 2.64. The lowest BCUT2D eigenvalue weighted by Crippen LogP contribution is -1.96. The van der Waals surface area contributed by atoms with E-state index in [9.17, 15) is 0 Å². The average Bonchev–Trinajstić information content (AvgIpc) is 2.43. The topological polar surface area (TPSA) is 45.9 Å². The largest absolute Gasteiger partial charge is 0.494 e. The summed E-state index contributed by atoms with van der Waals surface area (Å²) >= 11 is 18.1. The van der Waals surface area contributed by atoms with Gasteiger partial charge >= 0.3 is 0 Å². The fourth-order valence-electron chi connectivity index (χ4n) is 1.73. The second kappa shape index (κ2) is 6.32. The maximum absolute atomic E-state index is 8.76. The van der Waals surface area contributed by atoms with Crippen molar-refractivity contribution in [3.05, 3.63) is 45.0 Å². The SMILES string of the molecule is COc1ccc(CC#N)nc1-c1cc(Cl)c(Cl)cc1Cl. The molecule has 0 aliphatic heterocycles. The van der Waals surface area contributed by atoms with Crippen molar-refractivity contribution >= 4 is 34.8 Å². The van der Waals surface area contributed by atoms with Crippen LogP contribution in [-0.4, -0.2) is 12.1 Å². The lowest BCUT2D eigenvalue weighted by molar-refractivity contribution is 0.414. The van der Waals surface area contributed by atoms with Gasteiger partial charge in [-0.2, -0.15) is 5.26 Å². The zero-order valence-electron chi connectivity index (χ0n) is 10.5. The van der Waals surface area contributed by atoms with E-state index in [-0.39, 0.29) is 6.42 Å². The normalized spacial score (nSPS) is 10.2. The van der Waals surface area contributed by atoms with E-state index >= 15 is 0 Å². The second-order valence-electron chi connectivity index (χ2n) is 3.93. The van der Waals surface area contributed by atoms with E-state index in [0.29, 0.717) is 37.8 Å². The first-order valence-corrected chi connectivity index (χ1v) is 6.76. The summed E-state index contributed by atoms with van der Waals surface area (Å²) in [5.74, 6) is 0.548. The van der Waals surface area contributed by atoms with Gasteiger partial charge in [-0.05, 0) is 24.3 Å². The van der Waals surface area contributed by atoms with Crippen LogP contribution in [0.3, 0.4) is 0 Å². The van der Waals surface area contributed by atoms with Gasteiger partial charge in [-0.3, -0.25) is 0 Å². The van der Waals surface area contributed by atoms with Crippen molar-refractivity contribution in [1.82, 2.24) is 4.98 Å². The van der Waals surface area contributed by atoms with Gasteiger partial charge in [0, 0.05) is 5.56 Å². The Hall–Kier alpha value is -1.47. The predicted molar refractivity (Wildman–Crippen MR) is 80.6 cm³/mol. The molecule has 0 bridgehead atoms. The summed E-state index contributed by atoms with van der Waals surface area (Å²) in [6, 6.07) is 8.72. The van der Waals surface area contributed by atoms with Crippen LogP contribution in [0.1, 0.15) is 5.69 Å². The summed E-state index contributed by atoms with van der Waals surface area (Å²) in [5.41, 5.74) is 1.77. The van der Waals surface area contributed by atoms with Crippen LogP contribution in [0.15, 0.2) is 24.3 Å². The monoisotopic (exact) mass is 326 g/mol. The van der Waals surface area contributed by atoms with Gasteiger partial charge in [0.25, 0.3) is 0 Å². The van der Waals surface area contributed by atoms with E-state index < -0.39 is 0 Å². The number of halogens is 3. The summed E-state index contributed by atoms with van der Waals surface area (Å²) < 4.78 is 5.28. The van der Waals surface area contributed by atoms with Crippen LogP contribution in [0.2, 0.25) is 15.1 Å². The molecule has 1 aromatic heterocycles. The van der Waals surface area contributed by atoms with Gasteiger partial charge in [0.1, 0.15) is 11.4 Å². The number of rotatable bonds is 3. The molecule has 0 atom stereocenters. The van der Waals surface area contributed by atoms with E-state index in [1.807, 2.05) is 0 Å². The molecule has 0 radical (unpaired) electrons. The van der Waals surface area contributed by atoms with Crippen molar-refractivity contribution in [3.63, 3.8) is 0 Å². The molecule has 3 nitrogen and oxygen atoms in total. The van der Waals surface area contributed by atoms with Crippen molar-refractivity contribution in [1.29, 1.82) is 5.26 Å². The number of pyridine rings is 1. The molecule has 6 heteroatoms.